The van der Waals surface area contributed by atoms with Crippen LogP contribution in [0.4, 0.5) is 4.79 Å². The van der Waals surface area contributed by atoms with Gasteiger partial charge in [-0.1, -0.05) is 18.2 Å². The zero-order valence-corrected chi connectivity index (χ0v) is 25.1. The number of aryl methyl sites for hydroxylation is 1. The molecule has 4 aromatic rings. The molecule has 1 aliphatic heterocycles. The first-order valence-corrected chi connectivity index (χ1v) is 14.9. The summed E-state index contributed by atoms with van der Waals surface area (Å²) in [6.07, 6.45) is 5.23. The number of alkyl carbamates (subject to hydrolysis) is 1. The summed E-state index contributed by atoms with van der Waals surface area (Å²) in [7, 11) is 0. The maximum Gasteiger partial charge on any atom is 0.407 e. The van der Waals surface area contributed by atoms with E-state index in [2.05, 4.69) is 61.4 Å². The molecular weight excluding hydrogens is 570 g/mol. The quantitative estimate of drug-likeness (QED) is 0.279. The van der Waals surface area contributed by atoms with E-state index >= 15 is 0 Å². The van der Waals surface area contributed by atoms with Crippen LogP contribution in [0.1, 0.15) is 62.5 Å². The summed E-state index contributed by atoms with van der Waals surface area (Å²) < 4.78 is 11.1. The van der Waals surface area contributed by atoms with Gasteiger partial charge in [-0.2, -0.15) is 0 Å². The van der Waals surface area contributed by atoms with Gasteiger partial charge < -0.3 is 23.9 Å². The molecule has 0 unspecified atom stereocenters. The molecule has 3 aromatic heterocycles. The van der Waals surface area contributed by atoms with Gasteiger partial charge in [-0.05, 0) is 93.4 Å². The maximum absolute atomic E-state index is 13.5. The molecular formula is C31H36BrN5O3. The Morgan fingerprint density at radius 3 is 2.67 bits per heavy atom. The average molecular weight is 607 g/mol. The number of hydrogen-bond donors (Lipinski definition) is 1. The lowest BCUT2D eigenvalue weighted by molar-refractivity contribution is 0.0322. The number of nitrogens with one attached hydrogen (secondary N) is 1. The Kier molecular flexibility index (Phi) is 6.89. The summed E-state index contributed by atoms with van der Waals surface area (Å²) >= 11 is 3.90. The van der Waals surface area contributed by atoms with E-state index in [4.69, 9.17) is 9.72 Å². The third-order valence-electron chi connectivity index (χ3n) is 7.80. The Labute approximate surface area is 242 Å². The molecule has 1 saturated heterocycles. The van der Waals surface area contributed by atoms with Gasteiger partial charge in [0.2, 0.25) is 0 Å². The zero-order valence-electron chi connectivity index (χ0n) is 23.5. The third-order valence-corrected chi connectivity index (χ3v) is 8.60. The summed E-state index contributed by atoms with van der Waals surface area (Å²) in [6.45, 7) is 9.81. The fourth-order valence-electron chi connectivity index (χ4n) is 5.65. The van der Waals surface area contributed by atoms with Crippen LogP contribution in [-0.4, -0.2) is 55.6 Å². The van der Waals surface area contributed by atoms with Crippen molar-refractivity contribution in [1.82, 2.24) is 24.2 Å². The highest BCUT2D eigenvalue weighted by Crippen LogP contribution is 2.42. The number of fused-ring (bicyclic) bond motifs is 2. The van der Waals surface area contributed by atoms with Crippen molar-refractivity contribution >= 4 is 44.5 Å². The molecule has 1 saturated carbocycles. The fourth-order valence-corrected chi connectivity index (χ4v) is 6.39. The third kappa shape index (κ3) is 5.23. The van der Waals surface area contributed by atoms with E-state index in [1.165, 1.54) is 23.7 Å². The van der Waals surface area contributed by atoms with Crippen molar-refractivity contribution in [2.24, 2.45) is 5.92 Å². The van der Waals surface area contributed by atoms with Gasteiger partial charge >= 0.3 is 6.09 Å². The lowest BCUT2D eigenvalue weighted by atomic mass is 10.1. The van der Waals surface area contributed by atoms with Gasteiger partial charge in [0, 0.05) is 47.0 Å². The van der Waals surface area contributed by atoms with E-state index in [0.717, 1.165) is 46.6 Å². The molecule has 1 aliphatic carbocycles. The summed E-state index contributed by atoms with van der Waals surface area (Å²) in [5, 5.41) is 4.02. The first-order valence-electron chi connectivity index (χ1n) is 14.1. The van der Waals surface area contributed by atoms with Crippen molar-refractivity contribution in [3.05, 3.63) is 58.3 Å². The molecule has 2 aliphatic rings. The Balaban J connectivity index is 1.28. The second kappa shape index (κ2) is 10.3. The molecule has 210 valence electrons. The number of amides is 2. The fraction of sp³-hybridized carbons (Fsp3) is 0.452. The summed E-state index contributed by atoms with van der Waals surface area (Å²) in [6, 6.07) is 12.2. The molecule has 2 fully saturated rings. The second-order valence-electron chi connectivity index (χ2n) is 12.2. The van der Waals surface area contributed by atoms with Crippen molar-refractivity contribution < 1.29 is 14.3 Å². The Morgan fingerprint density at radius 1 is 1.15 bits per heavy atom. The standard InChI is InChI=1S/C31H36BrN5O3/c1-19-27(28-26(32)23-9-5-6-10-24(23)37(28)17-20-11-12-20)33-25-16-21(13-15-36(19)25)29(38)35-14-7-8-22(18-35)40-30(39)34-31(2,3)4/h5-6,9-10,13,15-16,20,22H,7-8,11-12,14,17-18H2,1-4H3,(H,34,39)/t22-/m1/s1. The molecule has 4 heterocycles. The van der Waals surface area contributed by atoms with Crippen molar-refractivity contribution in [2.75, 3.05) is 13.1 Å². The van der Waals surface area contributed by atoms with E-state index in [-0.39, 0.29) is 17.6 Å². The van der Waals surface area contributed by atoms with E-state index in [0.29, 0.717) is 24.6 Å². The number of aromatic nitrogens is 3. The van der Waals surface area contributed by atoms with Crippen molar-refractivity contribution in [2.45, 2.75) is 71.6 Å². The predicted molar refractivity (Wildman–Crippen MR) is 160 cm³/mol. The second-order valence-corrected chi connectivity index (χ2v) is 13.0. The predicted octanol–water partition coefficient (Wildman–Crippen LogP) is 6.57. The van der Waals surface area contributed by atoms with E-state index in [1.54, 1.807) is 4.90 Å². The average Bonchev–Trinajstić information content (AvgIpc) is 3.62. The molecule has 9 heteroatoms. The molecule has 2 amide bonds. The minimum Gasteiger partial charge on any atom is -0.444 e. The van der Waals surface area contributed by atoms with Gasteiger partial charge in [-0.25, -0.2) is 9.78 Å². The van der Waals surface area contributed by atoms with Crippen LogP contribution in [0, 0.1) is 12.8 Å². The van der Waals surface area contributed by atoms with Crippen LogP contribution in [0.3, 0.4) is 0 Å². The monoisotopic (exact) mass is 605 g/mol. The zero-order chi connectivity index (χ0) is 28.2. The van der Waals surface area contributed by atoms with Crippen LogP contribution < -0.4 is 5.32 Å². The van der Waals surface area contributed by atoms with Crippen molar-refractivity contribution in [1.29, 1.82) is 0 Å². The van der Waals surface area contributed by atoms with Crippen molar-refractivity contribution in [3.63, 3.8) is 0 Å². The number of para-hydroxylation sites is 1. The molecule has 6 rings (SSSR count). The molecule has 40 heavy (non-hydrogen) atoms. The highest BCUT2D eigenvalue weighted by molar-refractivity contribution is 9.10. The molecule has 1 atom stereocenters. The first-order chi connectivity index (χ1) is 19.1. The molecule has 0 bridgehead atoms. The number of halogens is 1. The number of rotatable bonds is 5. The Hall–Kier alpha value is -3.33. The number of nitrogens with zero attached hydrogens (tertiary/aromatic N) is 4. The van der Waals surface area contributed by atoms with Crippen LogP contribution in [0.2, 0.25) is 0 Å². The molecule has 0 radical (unpaired) electrons. The lowest BCUT2D eigenvalue weighted by Crippen LogP contribution is -2.47. The molecule has 0 spiro atoms. The minimum absolute atomic E-state index is 0.0711. The number of ether oxygens (including phenoxy) is 1. The number of carbonyl (C=O) groups excluding carboxylic acids is 2. The SMILES string of the molecule is Cc1c(-c2c(Br)c3ccccc3n2CC2CC2)nc2cc(C(=O)N3CCC[C@@H](OC(=O)NC(C)(C)C)C3)ccn12. The van der Waals surface area contributed by atoms with E-state index in [1.807, 2.05) is 39.1 Å². The number of piperidine rings is 1. The Bertz CT molecular complexity index is 1610. The van der Waals surface area contributed by atoms with Gasteiger partial charge in [0.15, 0.2) is 0 Å². The summed E-state index contributed by atoms with van der Waals surface area (Å²) in [5.74, 6) is 0.637. The number of carbonyl (C=O) groups is 2. The first kappa shape index (κ1) is 26.9. The summed E-state index contributed by atoms with van der Waals surface area (Å²) in [5.41, 5.74) is 5.20. The smallest absolute Gasteiger partial charge is 0.407 e. The highest BCUT2D eigenvalue weighted by atomic mass is 79.9. The van der Waals surface area contributed by atoms with Crippen LogP contribution in [0.15, 0.2) is 47.1 Å². The van der Waals surface area contributed by atoms with Crippen LogP contribution in [-0.2, 0) is 11.3 Å². The summed E-state index contributed by atoms with van der Waals surface area (Å²) in [4.78, 5) is 32.7. The number of pyridine rings is 1. The van der Waals surface area contributed by atoms with Gasteiger partial charge in [-0.3, -0.25) is 4.79 Å². The molecule has 8 nitrogen and oxygen atoms in total. The van der Waals surface area contributed by atoms with Crippen LogP contribution in [0.5, 0.6) is 0 Å². The van der Waals surface area contributed by atoms with Crippen molar-refractivity contribution in [3.8, 4) is 11.4 Å². The van der Waals surface area contributed by atoms with Gasteiger partial charge in [-0.15, -0.1) is 0 Å². The van der Waals surface area contributed by atoms with Gasteiger partial charge in [0.05, 0.1) is 16.7 Å². The van der Waals surface area contributed by atoms with Gasteiger partial charge in [0.25, 0.3) is 5.91 Å². The maximum atomic E-state index is 13.5. The highest BCUT2D eigenvalue weighted by Gasteiger charge is 2.30. The van der Waals surface area contributed by atoms with Crippen LogP contribution >= 0.6 is 15.9 Å². The number of hydrogen-bond acceptors (Lipinski definition) is 4. The number of benzene rings is 1. The topological polar surface area (TPSA) is 80.9 Å². The number of likely N-dealkylation sites (tertiary alicyclic amines) is 1. The molecule has 1 N–H and O–H groups in total. The lowest BCUT2D eigenvalue weighted by Gasteiger charge is -2.33. The van der Waals surface area contributed by atoms with E-state index in [9.17, 15) is 9.59 Å². The van der Waals surface area contributed by atoms with E-state index < -0.39 is 6.09 Å². The minimum atomic E-state index is -0.445. The normalized spacial score (nSPS) is 17.9. The largest absolute Gasteiger partial charge is 0.444 e. The number of imidazole rings is 1. The molecule has 1 aromatic carbocycles. The van der Waals surface area contributed by atoms with Gasteiger partial charge in [0.1, 0.15) is 17.4 Å². The Morgan fingerprint density at radius 2 is 1.93 bits per heavy atom. The van der Waals surface area contributed by atoms with Crippen LogP contribution in [0.25, 0.3) is 27.9 Å².